The van der Waals surface area contributed by atoms with Gasteiger partial charge in [0.15, 0.2) is 0 Å². The van der Waals surface area contributed by atoms with E-state index in [-0.39, 0.29) is 5.41 Å². The standard InChI is InChI=1S/C18H29NO/c1-14-12-16(18(2,3)4)7-8-17(14)20-11-9-15-6-5-10-19-13-15/h7-8,12,15,19H,5-6,9-11,13H2,1-4H3/t15-/m1/s1. The number of hydrogen-bond donors (Lipinski definition) is 1. The van der Waals surface area contributed by atoms with Crippen LogP contribution in [0.4, 0.5) is 0 Å². The summed E-state index contributed by atoms with van der Waals surface area (Å²) in [6.45, 7) is 12.1. The van der Waals surface area contributed by atoms with Crippen molar-refractivity contribution >= 4 is 0 Å². The van der Waals surface area contributed by atoms with Crippen molar-refractivity contribution in [3.05, 3.63) is 29.3 Å². The van der Waals surface area contributed by atoms with Crippen molar-refractivity contribution in [3.63, 3.8) is 0 Å². The maximum absolute atomic E-state index is 5.98. The van der Waals surface area contributed by atoms with Crippen molar-refractivity contribution in [3.8, 4) is 5.75 Å². The van der Waals surface area contributed by atoms with Gasteiger partial charge in [-0.25, -0.2) is 0 Å². The molecule has 1 aliphatic heterocycles. The van der Waals surface area contributed by atoms with E-state index in [4.69, 9.17) is 4.74 Å². The topological polar surface area (TPSA) is 21.3 Å². The van der Waals surface area contributed by atoms with Gasteiger partial charge in [-0.15, -0.1) is 0 Å². The van der Waals surface area contributed by atoms with Gasteiger partial charge in [0, 0.05) is 0 Å². The summed E-state index contributed by atoms with van der Waals surface area (Å²) in [5, 5.41) is 3.46. The second-order valence-corrected chi connectivity index (χ2v) is 7.08. The average Bonchev–Trinajstić information content (AvgIpc) is 2.40. The third-order valence-electron chi connectivity index (χ3n) is 4.22. The maximum atomic E-state index is 5.98. The predicted octanol–water partition coefficient (Wildman–Crippen LogP) is 4.06. The van der Waals surface area contributed by atoms with Crippen LogP contribution in [0, 0.1) is 12.8 Å². The lowest BCUT2D eigenvalue weighted by Gasteiger charge is -2.23. The molecule has 20 heavy (non-hydrogen) atoms. The summed E-state index contributed by atoms with van der Waals surface area (Å²) in [6.07, 6.45) is 3.82. The molecule has 0 radical (unpaired) electrons. The fraction of sp³-hybridized carbons (Fsp3) is 0.667. The van der Waals surface area contributed by atoms with Gasteiger partial charge in [0.2, 0.25) is 0 Å². The molecule has 0 spiro atoms. The SMILES string of the molecule is Cc1cc(C(C)(C)C)ccc1OCC[C@H]1CCCNC1. The summed E-state index contributed by atoms with van der Waals surface area (Å²) in [6, 6.07) is 6.59. The average molecular weight is 275 g/mol. The smallest absolute Gasteiger partial charge is 0.122 e. The summed E-state index contributed by atoms with van der Waals surface area (Å²) in [4.78, 5) is 0. The van der Waals surface area contributed by atoms with Crippen LogP contribution in [0.15, 0.2) is 18.2 Å². The lowest BCUT2D eigenvalue weighted by Crippen LogP contribution is -2.30. The van der Waals surface area contributed by atoms with E-state index in [9.17, 15) is 0 Å². The number of rotatable bonds is 4. The number of piperidine rings is 1. The molecule has 0 amide bonds. The molecule has 1 aliphatic rings. The second kappa shape index (κ2) is 6.62. The van der Waals surface area contributed by atoms with E-state index in [0.717, 1.165) is 31.2 Å². The fourth-order valence-electron chi connectivity index (χ4n) is 2.78. The highest BCUT2D eigenvalue weighted by Crippen LogP contribution is 2.27. The van der Waals surface area contributed by atoms with E-state index >= 15 is 0 Å². The van der Waals surface area contributed by atoms with E-state index in [1.165, 1.54) is 30.5 Å². The van der Waals surface area contributed by atoms with Crippen LogP contribution in [-0.4, -0.2) is 19.7 Å². The van der Waals surface area contributed by atoms with Crippen LogP contribution in [0.1, 0.15) is 51.2 Å². The minimum atomic E-state index is 0.205. The van der Waals surface area contributed by atoms with E-state index in [1.54, 1.807) is 0 Å². The van der Waals surface area contributed by atoms with Gasteiger partial charge in [-0.2, -0.15) is 0 Å². The van der Waals surface area contributed by atoms with Crippen LogP contribution < -0.4 is 10.1 Å². The predicted molar refractivity (Wildman–Crippen MR) is 85.6 cm³/mol. The first-order valence-electron chi connectivity index (χ1n) is 7.91. The molecule has 0 saturated carbocycles. The first-order valence-corrected chi connectivity index (χ1v) is 7.91. The lowest BCUT2D eigenvalue weighted by atomic mass is 9.86. The molecule has 0 aromatic heterocycles. The number of benzene rings is 1. The van der Waals surface area contributed by atoms with Crippen molar-refractivity contribution in [1.29, 1.82) is 0 Å². The Morgan fingerprint density at radius 1 is 1.30 bits per heavy atom. The van der Waals surface area contributed by atoms with Gasteiger partial charge in [0.25, 0.3) is 0 Å². The molecule has 0 aliphatic carbocycles. The molecule has 1 saturated heterocycles. The maximum Gasteiger partial charge on any atom is 0.122 e. The number of aryl methyl sites for hydroxylation is 1. The summed E-state index contributed by atoms with van der Waals surface area (Å²) in [5.74, 6) is 1.83. The van der Waals surface area contributed by atoms with Crippen molar-refractivity contribution in [1.82, 2.24) is 5.32 Å². The molecule has 2 heteroatoms. The van der Waals surface area contributed by atoms with Crippen LogP contribution in [0.25, 0.3) is 0 Å². The molecule has 1 N–H and O–H groups in total. The molecule has 112 valence electrons. The van der Waals surface area contributed by atoms with Gasteiger partial charge in [0.1, 0.15) is 5.75 Å². The number of ether oxygens (including phenoxy) is 1. The molecule has 1 atom stereocenters. The zero-order valence-electron chi connectivity index (χ0n) is 13.5. The van der Waals surface area contributed by atoms with Crippen molar-refractivity contribution < 1.29 is 4.74 Å². The van der Waals surface area contributed by atoms with Gasteiger partial charge in [-0.05, 0) is 67.8 Å². The lowest BCUT2D eigenvalue weighted by molar-refractivity contribution is 0.253. The molecule has 1 heterocycles. The van der Waals surface area contributed by atoms with Crippen molar-refractivity contribution in [2.24, 2.45) is 5.92 Å². The van der Waals surface area contributed by atoms with Crippen LogP contribution in [0.2, 0.25) is 0 Å². The van der Waals surface area contributed by atoms with Crippen molar-refractivity contribution in [2.45, 2.75) is 52.4 Å². The largest absolute Gasteiger partial charge is 0.493 e. The Bertz CT molecular complexity index is 428. The van der Waals surface area contributed by atoms with E-state index < -0.39 is 0 Å². The van der Waals surface area contributed by atoms with E-state index in [2.05, 4.69) is 51.2 Å². The van der Waals surface area contributed by atoms with E-state index in [0.29, 0.717) is 0 Å². The third-order valence-corrected chi connectivity index (χ3v) is 4.22. The zero-order valence-corrected chi connectivity index (χ0v) is 13.5. The number of nitrogens with one attached hydrogen (secondary N) is 1. The molecule has 2 rings (SSSR count). The van der Waals surface area contributed by atoms with Crippen LogP contribution in [0.3, 0.4) is 0 Å². The second-order valence-electron chi connectivity index (χ2n) is 7.08. The molecule has 1 aromatic carbocycles. The zero-order chi connectivity index (χ0) is 14.6. The Kier molecular flexibility index (Phi) is 5.09. The Labute approximate surface area is 123 Å². The molecule has 2 nitrogen and oxygen atoms in total. The summed E-state index contributed by atoms with van der Waals surface area (Å²) < 4.78 is 5.98. The highest BCUT2D eigenvalue weighted by Gasteiger charge is 2.15. The summed E-state index contributed by atoms with van der Waals surface area (Å²) >= 11 is 0. The highest BCUT2D eigenvalue weighted by atomic mass is 16.5. The minimum absolute atomic E-state index is 0.205. The fourth-order valence-corrected chi connectivity index (χ4v) is 2.78. The summed E-state index contributed by atoms with van der Waals surface area (Å²) in [7, 11) is 0. The third kappa shape index (κ3) is 4.24. The Morgan fingerprint density at radius 3 is 2.70 bits per heavy atom. The molecule has 0 unspecified atom stereocenters. The molecular weight excluding hydrogens is 246 g/mol. The monoisotopic (exact) mass is 275 g/mol. The Hall–Kier alpha value is -1.02. The molecule has 1 fully saturated rings. The van der Waals surface area contributed by atoms with Gasteiger partial charge in [-0.1, -0.05) is 32.9 Å². The van der Waals surface area contributed by atoms with Gasteiger partial charge in [-0.3, -0.25) is 0 Å². The first kappa shape index (κ1) is 15.4. The summed E-state index contributed by atoms with van der Waals surface area (Å²) in [5.41, 5.74) is 2.83. The number of hydrogen-bond acceptors (Lipinski definition) is 2. The van der Waals surface area contributed by atoms with Gasteiger partial charge < -0.3 is 10.1 Å². The first-order chi connectivity index (χ1) is 9.47. The molecule has 1 aromatic rings. The van der Waals surface area contributed by atoms with Crippen molar-refractivity contribution in [2.75, 3.05) is 19.7 Å². The Balaban J connectivity index is 1.86. The van der Waals surface area contributed by atoms with Crippen LogP contribution >= 0.6 is 0 Å². The van der Waals surface area contributed by atoms with Gasteiger partial charge >= 0.3 is 0 Å². The highest BCUT2D eigenvalue weighted by molar-refractivity contribution is 5.38. The van der Waals surface area contributed by atoms with Crippen LogP contribution in [-0.2, 0) is 5.41 Å². The van der Waals surface area contributed by atoms with Crippen LogP contribution in [0.5, 0.6) is 5.75 Å². The van der Waals surface area contributed by atoms with E-state index in [1.807, 2.05) is 0 Å². The van der Waals surface area contributed by atoms with Gasteiger partial charge in [0.05, 0.1) is 6.61 Å². The normalized spacial score (nSPS) is 19.9. The molecular formula is C18H29NO. The minimum Gasteiger partial charge on any atom is -0.493 e. The Morgan fingerprint density at radius 2 is 2.10 bits per heavy atom. The molecule has 0 bridgehead atoms. The quantitative estimate of drug-likeness (QED) is 0.894.